The topological polar surface area (TPSA) is 66.1 Å². The number of aromatic amines is 1. The Labute approximate surface area is 187 Å². The summed E-state index contributed by atoms with van der Waals surface area (Å²) >= 11 is 0. The molecular weight excluding hydrogens is 398 g/mol. The average Bonchev–Trinajstić information content (AvgIpc) is 3.33. The number of fused-ring (bicyclic) bond motifs is 2. The molecule has 0 atom stereocenters. The van der Waals surface area contributed by atoms with E-state index in [1.54, 1.807) is 4.90 Å². The first-order chi connectivity index (χ1) is 15.3. The van der Waals surface area contributed by atoms with Crippen molar-refractivity contribution in [1.29, 1.82) is 0 Å². The van der Waals surface area contributed by atoms with Crippen LogP contribution in [0.2, 0.25) is 0 Å². The zero-order valence-electron chi connectivity index (χ0n) is 18.5. The molecule has 1 aliphatic rings. The van der Waals surface area contributed by atoms with Crippen LogP contribution < -0.4 is 0 Å². The van der Waals surface area contributed by atoms with E-state index >= 15 is 0 Å². The minimum absolute atomic E-state index is 0.0173. The highest BCUT2D eigenvalue weighted by molar-refractivity contribution is 6.03. The molecule has 0 spiro atoms. The molecule has 0 unspecified atom stereocenters. The quantitative estimate of drug-likeness (QED) is 0.437. The van der Waals surface area contributed by atoms with Crippen LogP contribution in [0.5, 0.6) is 0 Å². The Balaban J connectivity index is 1.46. The normalized spacial score (nSPS) is 13.6. The fourth-order valence-electron chi connectivity index (χ4n) is 4.63. The van der Waals surface area contributed by atoms with Crippen LogP contribution in [0.15, 0.2) is 66.7 Å². The van der Waals surface area contributed by atoms with E-state index in [1.165, 1.54) is 0 Å². The summed E-state index contributed by atoms with van der Waals surface area (Å²) in [5, 5.41) is 8.41. The lowest BCUT2D eigenvalue weighted by Gasteiger charge is -2.29. The van der Waals surface area contributed by atoms with Crippen LogP contribution in [0.25, 0.3) is 22.0 Å². The van der Waals surface area contributed by atoms with Crippen LogP contribution in [0.4, 0.5) is 0 Å². The van der Waals surface area contributed by atoms with E-state index in [-0.39, 0.29) is 11.7 Å². The third kappa shape index (κ3) is 3.30. The molecule has 3 aromatic carbocycles. The number of rotatable bonds is 5. The number of carbonyl (C=O) groups excluding carboxylic acids is 2. The van der Waals surface area contributed by atoms with Crippen LogP contribution in [0, 0.1) is 12.3 Å². The highest BCUT2D eigenvalue weighted by Gasteiger charge is 2.37. The lowest BCUT2D eigenvalue weighted by atomic mass is 9.83. The molecule has 0 bridgehead atoms. The molecule has 5 rings (SSSR count). The fourth-order valence-corrected chi connectivity index (χ4v) is 4.63. The maximum atomic E-state index is 13.2. The van der Waals surface area contributed by atoms with Gasteiger partial charge in [-0.2, -0.15) is 5.10 Å². The monoisotopic (exact) mass is 423 g/mol. The summed E-state index contributed by atoms with van der Waals surface area (Å²) in [6.45, 7) is 6.67. The zero-order valence-corrected chi connectivity index (χ0v) is 18.5. The number of aryl methyl sites for hydroxylation is 1. The molecule has 1 N–H and O–H groups in total. The molecule has 32 heavy (non-hydrogen) atoms. The largest absolute Gasteiger partial charge is 0.333 e. The predicted molar refractivity (Wildman–Crippen MR) is 126 cm³/mol. The lowest BCUT2D eigenvalue weighted by molar-refractivity contribution is 0.0646. The van der Waals surface area contributed by atoms with E-state index in [0.717, 1.165) is 38.9 Å². The molecule has 5 heteroatoms. The van der Waals surface area contributed by atoms with Gasteiger partial charge in [0, 0.05) is 35.0 Å². The Morgan fingerprint density at radius 2 is 1.78 bits per heavy atom. The molecule has 1 aromatic heterocycles. The van der Waals surface area contributed by atoms with Crippen molar-refractivity contribution in [2.24, 2.45) is 5.41 Å². The number of hydrogen-bond acceptors (Lipinski definition) is 3. The average molecular weight is 424 g/mol. The van der Waals surface area contributed by atoms with Crippen LogP contribution in [0.1, 0.15) is 45.8 Å². The van der Waals surface area contributed by atoms with Gasteiger partial charge in [-0.05, 0) is 41.8 Å². The summed E-state index contributed by atoms with van der Waals surface area (Å²) in [4.78, 5) is 28.2. The van der Waals surface area contributed by atoms with Gasteiger partial charge in [-0.1, -0.05) is 62.4 Å². The molecular formula is C27H25N3O2. The van der Waals surface area contributed by atoms with Crippen molar-refractivity contribution in [3.05, 3.63) is 89.1 Å². The first-order valence-electron chi connectivity index (χ1n) is 10.8. The van der Waals surface area contributed by atoms with Gasteiger partial charge in [0.1, 0.15) is 0 Å². The highest BCUT2D eigenvalue weighted by Crippen LogP contribution is 2.36. The van der Waals surface area contributed by atoms with E-state index in [1.807, 2.05) is 69.3 Å². The van der Waals surface area contributed by atoms with Gasteiger partial charge in [0.25, 0.3) is 5.91 Å². The number of nitrogens with one attached hydrogen (secondary N) is 1. The SMILES string of the molecule is Cc1n[nH]c2ccc(-c3cccc4c3CN(CC(C)(C)C(=O)c3ccccc3)C4=O)cc12. The standard InChI is InChI=1S/C27H25N3O2/c1-17-22-14-19(12-13-24(22)29-28-17)20-10-7-11-21-23(20)15-30(26(21)32)16-27(2,3)25(31)18-8-5-4-6-9-18/h4-14H,15-16H2,1-3H3,(H,28,29). The van der Waals surface area contributed by atoms with E-state index in [2.05, 4.69) is 28.4 Å². The molecule has 1 amide bonds. The lowest BCUT2D eigenvalue weighted by Crippen LogP contribution is -2.39. The molecule has 2 heterocycles. The maximum absolute atomic E-state index is 13.2. The third-order valence-electron chi connectivity index (χ3n) is 6.34. The van der Waals surface area contributed by atoms with Gasteiger partial charge in [0.05, 0.1) is 11.2 Å². The first kappa shape index (κ1) is 20.2. The second-order valence-electron chi connectivity index (χ2n) is 9.14. The van der Waals surface area contributed by atoms with Crippen molar-refractivity contribution in [2.75, 3.05) is 6.54 Å². The number of amides is 1. The Bertz CT molecular complexity index is 1350. The Morgan fingerprint density at radius 3 is 2.56 bits per heavy atom. The second-order valence-corrected chi connectivity index (χ2v) is 9.14. The molecule has 0 saturated heterocycles. The number of carbonyl (C=O) groups is 2. The van der Waals surface area contributed by atoms with Gasteiger partial charge >= 0.3 is 0 Å². The number of H-pyrrole nitrogens is 1. The molecule has 160 valence electrons. The van der Waals surface area contributed by atoms with Crippen molar-refractivity contribution >= 4 is 22.6 Å². The van der Waals surface area contributed by atoms with Gasteiger partial charge in [-0.15, -0.1) is 0 Å². The number of aromatic nitrogens is 2. The second kappa shape index (κ2) is 7.45. The van der Waals surface area contributed by atoms with E-state index in [0.29, 0.717) is 18.7 Å². The number of ketones is 1. The van der Waals surface area contributed by atoms with Crippen molar-refractivity contribution in [1.82, 2.24) is 15.1 Å². The summed E-state index contributed by atoms with van der Waals surface area (Å²) in [6, 6.07) is 21.4. The van der Waals surface area contributed by atoms with Gasteiger partial charge in [0.15, 0.2) is 5.78 Å². The summed E-state index contributed by atoms with van der Waals surface area (Å²) in [6.07, 6.45) is 0. The van der Waals surface area contributed by atoms with Crippen molar-refractivity contribution in [3.63, 3.8) is 0 Å². The summed E-state index contributed by atoms with van der Waals surface area (Å²) in [5.41, 5.74) is 5.78. The molecule has 0 radical (unpaired) electrons. The van der Waals surface area contributed by atoms with E-state index in [4.69, 9.17) is 0 Å². The minimum Gasteiger partial charge on any atom is -0.333 e. The van der Waals surface area contributed by atoms with Crippen LogP contribution in [-0.4, -0.2) is 33.3 Å². The van der Waals surface area contributed by atoms with Crippen molar-refractivity contribution in [3.8, 4) is 11.1 Å². The number of benzene rings is 3. The third-order valence-corrected chi connectivity index (χ3v) is 6.34. The maximum Gasteiger partial charge on any atom is 0.254 e. The zero-order chi connectivity index (χ0) is 22.5. The number of nitrogens with zero attached hydrogens (tertiary/aromatic N) is 2. The van der Waals surface area contributed by atoms with E-state index < -0.39 is 5.41 Å². The van der Waals surface area contributed by atoms with Gasteiger partial charge in [-0.3, -0.25) is 14.7 Å². The molecule has 0 aliphatic carbocycles. The molecule has 0 fully saturated rings. The number of hydrogen-bond donors (Lipinski definition) is 1. The smallest absolute Gasteiger partial charge is 0.254 e. The number of Topliss-reactive ketones (excluding diaryl/α,β-unsaturated/α-hetero) is 1. The molecule has 4 aromatic rings. The minimum atomic E-state index is -0.688. The van der Waals surface area contributed by atoms with E-state index in [9.17, 15) is 9.59 Å². The molecule has 0 saturated carbocycles. The van der Waals surface area contributed by atoms with Gasteiger partial charge in [-0.25, -0.2) is 0 Å². The van der Waals surface area contributed by atoms with Crippen LogP contribution >= 0.6 is 0 Å². The Kier molecular flexibility index (Phi) is 4.70. The first-order valence-corrected chi connectivity index (χ1v) is 10.8. The molecule has 5 nitrogen and oxygen atoms in total. The Hall–Kier alpha value is -3.73. The van der Waals surface area contributed by atoms with Crippen LogP contribution in [-0.2, 0) is 6.54 Å². The fraction of sp³-hybridized carbons (Fsp3) is 0.222. The van der Waals surface area contributed by atoms with Gasteiger partial charge in [0.2, 0.25) is 0 Å². The van der Waals surface area contributed by atoms with Crippen molar-refractivity contribution < 1.29 is 9.59 Å². The predicted octanol–water partition coefficient (Wildman–Crippen LogP) is 5.40. The van der Waals surface area contributed by atoms with Crippen LogP contribution in [0.3, 0.4) is 0 Å². The molecule has 1 aliphatic heterocycles. The summed E-state index contributed by atoms with van der Waals surface area (Å²) in [7, 11) is 0. The van der Waals surface area contributed by atoms with Gasteiger partial charge < -0.3 is 4.90 Å². The summed E-state index contributed by atoms with van der Waals surface area (Å²) < 4.78 is 0. The Morgan fingerprint density at radius 1 is 1.03 bits per heavy atom. The van der Waals surface area contributed by atoms with Crippen molar-refractivity contribution in [2.45, 2.75) is 27.3 Å². The highest BCUT2D eigenvalue weighted by atomic mass is 16.2. The summed E-state index contributed by atoms with van der Waals surface area (Å²) in [5.74, 6) is 0.0271.